The molecule has 1 aromatic rings. The first-order chi connectivity index (χ1) is 7.79. The van der Waals surface area contributed by atoms with Crippen LogP contribution < -0.4 is 4.72 Å². The largest absolute Gasteiger partial charge is 0.242 e. The molecule has 4 heteroatoms. The Labute approximate surface area is 105 Å². The van der Waals surface area contributed by atoms with Crippen LogP contribution in [0.15, 0.2) is 30.3 Å². The van der Waals surface area contributed by atoms with Crippen molar-refractivity contribution in [1.82, 2.24) is 4.72 Å². The molecule has 1 N–H and O–H groups in total. The third kappa shape index (κ3) is 3.39. The second kappa shape index (κ2) is 4.99. The average molecular weight is 250 g/mol. The van der Waals surface area contributed by atoms with Crippen LogP contribution in [0.5, 0.6) is 0 Å². The van der Waals surface area contributed by atoms with Crippen molar-refractivity contribution < 1.29 is 4.21 Å². The van der Waals surface area contributed by atoms with Crippen LogP contribution >= 0.6 is 0 Å². The van der Waals surface area contributed by atoms with E-state index in [2.05, 4.69) is 10.8 Å². The maximum absolute atomic E-state index is 12.1. The number of nitriles is 1. The van der Waals surface area contributed by atoms with E-state index in [1.54, 1.807) is 6.92 Å². The molecule has 0 fully saturated rings. The molecule has 0 amide bonds. The number of benzene rings is 1. The van der Waals surface area contributed by atoms with Gasteiger partial charge in [0, 0.05) is 0 Å². The molecule has 0 aliphatic carbocycles. The summed E-state index contributed by atoms with van der Waals surface area (Å²) in [6, 6.07) is 11.5. The summed E-state index contributed by atoms with van der Waals surface area (Å²) in [7, 11) is -1.28. The molecule has 0 saturated heterocycles. The van der Waals surface area contributed by atoms with Gasteiger partial charge in [-0.15, -0.1) is 0 Å². The first-order valence-electron chi connectivity index (χ1n) is 5.46. The monoisotopic (exact) mass is 250 g/mol. The lowest BCUT2D eigenvalue weighted by Gasteiger charge is -2.27. The van der Waals surface area contributed by atoms with Crippen molar-refractivity contribution in [1.29, 1.82) is 5.26 Å². The Kier molecular flexibility index (Phi) is 4.07. The third-order valence-electron chi connectivity index (χ3n) is 2.43. The van der Waals surface area contributed by atoms with Crippen molar-refractivity contribution >= 4 is 11.0 Å². The summed E-state index contributed by atoms with van der Waals surface area (Å²) < 4.78 is 14.6. The predicted molar refractivity (Wildman–Crippen MR) is 70.4 cm³/mol. The van der Waals surface area contributed by atoms with E-state index < -0.39 is 21.3 Å². The molecule has 0 saturated carbocycles. The van der Waals surface area contributed by atoms with Gasteiger partial charge in [0.25, 0.3) is 0 Å². The van der Waals surface area contributed by atoms with Gasteiger partial charge in [-0.25, -0.2) is 8.93 Å². The number of hydrogen-bond acceptors (Lipinski definition) is 2. The van der Waals surface area contributed by atoms with Gasteiger partial charge in [-0.2, -0.15) is 5.26 Å². The van der Waals surface area contributed by atoms with Crippen molar-refractivity contribution in [3.05, 3.63) is 35.9 Å². The first-order valence-corrected chi connectivity index (χ1v) is 6.61. The molecular weight excluding hydrogens is 232 g/mol. The fourth-order valence-electron chi connectivity index (χ4n) is 1.26. The highest BCUT2D eigenvalue weighted by molar-refractivity contribution is 7.84. The van der Waals surface area contributed by atoms with Gasteiger partial charge in [0.2, 0.25) is 0 Å². The molecule has 0 unspecified atom stereocenters. The van der Waals surface area contributed by atoms with Crippen molar-refractivity contribution in [3.8, 4) is 6.07 Å². The summed E-state index contributed by atoms with van der Waals surface area (Å²) in [5.74, 6) is 0. The molecule has 0 spiro atoms. The highest BCUT2D eigenvalue weighted by Crippen LogP contribution is 2.22. The van der Waals surface area contributed by atoms with Crippen LogP contribution in [0.25, 0.3) is 0 Å². The second-order valence-corrected chi connectivity index (χ2v) is 7.05. The first kappa shape index (κ1) is 13.9. The predicted octanol–water partition coefficient (Wildman–Crippen LogP) is 2.48. The van der Waals surface area contributed by atoms with Crippen molar-refractivity contribution in [2.45, 2.75) is 38.0 Å². The summed E-state index contributed by atoms with van der Waals surface area (Å²) in [5.41, 5.74) is -0.112. The zero-order valence-corrected chi connectivity index (χ0v) is 11.5. The SMILES string of the molecule is CC(C)(C)[S@@](=O)N[C@](C)(C#N)c1ccccc1. The normalized spacial score (nSPS) is 16.9. The van der Waals surface area contributed by atoms with Gasteiger partial charge in [0.15, 0.2) is 0 Å². The van der Waals surface area contributed by atoms with E-state index >= 15 is 0 Å². The van der Waals surface area contributed by atoms with Gasteiger partial charge in [-0.3, -0.25) is 0 Å². The zero-order valence-electron chi connectivity index (χ0n) is 10.7. The van der Waals surface area contributed by atoms with Gasteiger partial charge in [-0.05, 0) is 33.3 Å². The quantitative estimate of drug-likeness (QED) is 0.896. The Balaban J connectivity index is 3.01. The van der Waals surface area contributed by atoms with E-state index in [1.807, 2.05) is 51.1 Å². The molecule has 17 heavy (non-hydrogen) atoms. The van der Waals surface area contributed by atoms with Crippen LogP contribution in [0.2, 0.25) is 0 Å². The van der Waals surface area contributed by atoms with Gasteiger partial charge >= 0.3 is 0 Å². The van der Waals surface area contributed by atoms with Gasteiger partial charge < -0.3 is 0 Å². The van der Waals surface area contributed by atoms with Crippen LogP contribution in [0.3, 0.4) is 0 Å². The Morgan fingerprint density at radius 2 is 1.71 bits per heavy atom. The van der Waals surface area contributed by atoms with E-state index in [0.717, 1.165) is 5.56 Å². The number of nitrogens with zero attached hydrogens (tertiary/aromatic N) is 1. The number of hydrogen-bond donors (Lipinski definition) is 1. The van der Waals surface area contributed by atoms with E-state index in [-0.39, 0.29) is 0 Å². The van der Waals surface area contributed by atoms with Crippen molar-refractivity contribution in [2.75, 3.05) is 0 Å². The van der Waals surface area contributed by atoms with Crippen LogP contribution in [-0.4, -0.2) is 8.96 Å². The van der Waals surface area contributed by atoms with Crippen LogP contribution in [0.1, 0.15) is 33.3 Å². The maximum Gasteiger partial charge on any atom is 0.140 e. The van der Waals surface area contributed by atoms with Gasteiger partial charge in [0.1, 0.15) is 5.54 Å². The Morgan fingerprint density at radius 3 is 2.12 bits per heavy atom. The molecule has 0 aliphatic rings. The third-order valence-corrected chi connectivity index (χ3v) is 4.13. The molecule has 2 atom stereocenters. The molecule has 1 rings (SSSR count). The minimum atomic E-state index is -1.28. The standard InChI is InChI=1S/C13H18N2OS/c1-12(2,3)17(16)15-13(4,10-14)11-8-6-5-7-9-11/h5-9,15H,1-4H3/t13-,17-/m1/s1. The Morgan fingerprint density at radius 1 is 1.18 bits per heavy atom. The van der Waals surface area contributed by atoms with Crippen LogP contribution in [0.4, 0.5) is 0 Å². The summed E-state index contributed by atoms with van der Waals surface area (Å²) in [6.45, 7) is 7.36. The number of rotatable bonds is 3. The van der Waals surface area contributed by atoms with E-state index in [1.165, 1.54) is 0 Å². The molecule has 0 bridgehead atoms. The summed E-state index contributed by atoms with van der Waals surface area (Å²) in [5, 5.41) is 9.31. The van der Waals surface area contributed by atoms with Gasteiger partial charge in [0.05, 0.1) is 21.8 Å². The van der Waals surface area contributed by atoms with Crippen molar-refractivity contribution in [2.24, 2.45) is 0 Å². The maximum atomic E-state index is 12.1. The summed E-state index contributed by atoms with van der Waals surface area (Å²) >= 11 is 0. The molecule has 1 aromatic carbocycles. The lowest BCUT2D eigenvalue weighted by molar-refractivity contribution is 0.552. The topological polar surface area (TPSA) is 52.9 Å². The van der Waals surface area contributed by atoms with E-state index in [0.29, 0.717) is 0 Å². The molecule has 0 aromatic heterocycles. The molecule has 0 aliphatic heterocycles. The highest BCUT2D eigenvalue weighted by atomic mass is 32.2. The minimum absolute atomic E-state index is 0.396. The molecule has 92 valence electrons. The van der Waals surface area contributed by atoms with Crippen LogP contribution in [0, 0.1) is 11.3 Å². The smallest absolute Gasteiger partial charge is 0.140 e. The lowest BCUT2D eigenvalue weighted by atomic mass is 9.95. The molecular formula is C13H18N2OS. The van der Waals surface area contributed by atoms with Crippen molar-refractivity contribution in [3.63, 3.8) is 0 Å². The molecule has 0 radical (unpaired) electrons. The fraction of sp³-hybridized carbons (Fsp3) is 0.462. The van der Waals surface area contributed by atoms with E-state index in [4.69, 9.17) is 0 Å². The van der Waals surface area contributed by atoms with Crippen LogP contribution in [-0.2, 0) is 16.5 Å². The fourth-order valence-corrected chi connectivity index (χ4v) is 2.10. The average Bonchev–Trinajstić information content (AvgIpc) is 2.28. The summed E-state index contributed by atoms with van der Waals surface area (Å²) in [4.78, 5) is 0. The number of nitrogens with one attached hydrogen (secondary N) is 1. The zero-order chi connectivity index (χ0) is 13.1. The molecule has 0 heterocycles. The lowest BCUT2D eigenvalue weighted by Crippen LogP contribution is -2.45. The molecule has 3 nitrogen and oxygen atoms in total. The second-order valence-electron chi connectivity index (χ2n) is 5.09. The highest BCUT2D eigenvalue weighted by Gasteiger charge is 2.32. The Bertz CT molecular complexity index is 445. The summed E-state index contributed by atoms with van der Waals surface area (Å²) in [6.07, 6.45) is 0. The minimum Gasteiger partial charge on any atom is -0.242 e. The van der Waals surface area contributed by atoms with E-state index in [9.17, 15) is 9.47 Å². The Hall–Kier alpha value is -1.18. The van der Waals surface area contributed by atoms with Gasteiger partial charge in [-0.1, -0.05) is 30.3 Å².